The van der Waals surface area contributed by atoms with E-state index in [1.54, 1.807) is 24.3 Å². The number of aliphatic hydroxyl groups is 1. The molecule has 0 saturated carbocycles. The van der Waals surface area contributed by atoms with Gasteiger partial charge in [-0.1, -0.05) is 28.9 Å². The molecule has 0 unspecified atom stereocenters. The molecule has 0 saturated heterocycles. The number of hydrogen-bond acceptors (Lipinski definition) is 4. The zero-order valence-corrected chi connectivity index (χ0v) is 12.7. The molecule has 18 heavy (non-hydrogen) atoms. The van der Waals surface area contributed by atoms with E-state index in [9.17, 15) is 8.42 Å². The fourth-order valence-electron chi connectivity index (χ4n) is 1.60. The maximum atomic E-state index is 12.1. The van der Waals surface area contributed by atoms with E-state index < -0.39 is 9.84 Å². The number of aliphatic hydroxyl groups excluding tert-OH is 1. The number of sulfone groups is 1. The standard InChI is InChI=1S/C12H18BrNO3S/c1-2-14(6-8-15)7-9-18(16,17)12-5-3-4-11(13)10-12/h3-5,10,15H,2,6-9H2,1H3. The Balaban J connectivity index is 2.70. The first-order valence-corrected chi connectivity index (χ1v) is 8.25. The minimum Gasteiger partial charge on any atom is -0.395 e. The summed E-state index contributed by atoms with van der Waals surface area (Å²) in [6, 6.07) is 6.71. The molecule has 0 radical (unpaired) electrons. The molecule has 1 aromatic carbocycles. The Morgan fingerprint density at radius 3 is 2.61 bits per heavy atom. The van der Waals surface area contributed by atoms with Crippen LogP contribution in [0.2, 0.25) is 0 Å². The average molecular weight is 336 g/mol. The number of halogens is 1. The van der Waals surface area contributed by atoms with Gasteiger partial charge in [0.05, 0.1) is 17.3 Å². The number of nitrogens with zero attached hydrogens (tertiary/aromatic N) is 1. The molecule has 4 nitrogen and oxygen atoms in total. The Morgan fingerprint density at radius 1 is 1.33 bits per heavy atom. The highest BCUT2D eigenvalue weighted by molar-refractivity contribution is 9.10. The molecule has 0 aliphatic rings. The van der Waals surface area contributed by atoms with Crippen LogP contribution in [-0.2, 0) is 9.84 Å². The summed E-state index contributed by atoms with van der Waals surface area (Å²) >= 11 is 3.27. The summed E-state index contributed by atoms with van der Waals surface area (Å²) in [6.07, 6.45) is 0. The normalized spacial score (nSPS) is 12.0. The second-order valence-electron chi connectivity index (χ2n) is 3.93. The summed E-state index contributed by atoms with van der Waals surface area (Å²) in [6.45, 7) is 3.66. The minimum absolute atomic E-state index is 0.0464. The highest BCUT2D eigenvalue weighted by Crippen LogP contribution is 2.17. The quantitative estimate of drug-likeness (QED) is 0.821. The average Bonchev–Trinajstić information content (AvgIpc) is 2.34. The molecule has 0 heterocycles. The third-order valence-electron chi connectivity index (χ3n) is 2.69. The Morgan fingerprint density at radius 2 is 2.06 bits per heavy atom. The zero-order chi connectivity index (χ0) is 13.6. The number of benzene rings is 1. The van der Waals surface area contributed by atoms with Crippen molar-refractivity contribution >= 4 is 25.8 Å². The van der Waals surface area contributed by atoms with Gasteiger partial charge in [0.1, 0.15) is 0 Å². The van der Waals surface area contributed by atoms with Crippen molar-refractivity contribution in [1.29, 1.82) is 0 Å². The van der Waals surface area contributed by atoms with Gasteiger partial charge in [0.2, 0.25) is 0 Å². The summed E-state index contributed by atoms with van der Waals surface area (Å²) in [7, 11) is -3.26. The van der Waals surface area contributed by atoms with Crippen molar-refractivity contribution in [3.63, 3.8) is 0 Å². The molecule has 1 N–H and O–H groups in total. The Hall–Kier alpha value is -0.430. The van der Waals surface area contributed by atoms with Crippen molar-refractivity contribution in [2.45, 2.75) is 11.8 Å². The third kappa shape index (κ3) is 4.68. The Kier molecular flexibility index (Phi) is 6.28. The summed E-state index contributed by atoms with van der Waals surface area (Å²) in [5, 5.41) is 8.85. The van der Waals surface area contributed by atoms with Crippen LogP contribution in [0.15, 0.2) is 33.6 Å². The topological polar surface area (TPSA) is 57.6 Å². The summed E-state index contributed by atoms with van der Waals surface area (Å²) in [4.78, 5) is 2.24. The summed E-state index contributed by atoms with van der Waals surface area (Å²) in [5.74, 6) is 0.0668. The number of hydrogen-bond donors (Lipinski definition) is 1. The largest absolute Gasteiger partial charge is 0.395 e. The van der Waals surface area contributed by atoms with E-state index in [-0.39, 0.29) is 12.4 Å². The van der Waals surface area contributed by atoms with E-state index >= 15 is 0 Å². The number of likely N-dealkylation sites (N-methyl/N-ethyl adjacent to an activating group) is 1. The van der Waals surface area contributed by atoms with Crippen LogP contribution in [0.1, 0.15) is 6.92 Å². The van der Waals surface area contributed by atoms with E-state index in [0.29, 0.717) is 18.0 Å². The SMILES string of the molecule is CCN(CCO)CCS(=O)(=O)c1cccc(Br)c1. The van der Waals surface area contributed by atoms with Gasteiger partial charge < -0.3 is 10.0 Å². The van der Waals surface area contributed by atoms with Gasteiger partial charge in [-0.15, -0.1) is 0 Å². The van der Waals surface area contributed by atoms with Crippen LogP contribution in [0.25, 0.3) is 0 Å². The molecule has 0 aliphatic carbocycles. The summed E-state index contributed by atoms with van der Waals surface area (Å²) in [5.41, 5.74) is 0. The van der Waals surface area contributed by atoms with Gasteiger partial charge in [-0.05, 0) is 24.7 Å². The Bertz CT molecular complexity index is 476. The van der Waals surface area contributed by atoms with Crippen molar-refractivity contribution in [3.8, 4) is 0 Å². The molecule has 1 rings (SSSR count). The highest BCUT2D eigenvalue weighted by Gasteiger charge is 2.16. The van der Waals surface area contributed by atoms with E-state index in [1.807, 2.05) is 11.8 Å². The van der Waals surface area contributed by atoms with Crippen LogP contribution < -0.4 is 0 Å². The van der Waals surface area contributed by atoms with Gasteiger partial charge in [0.25, 0.3) is 0 Å². The number of rotatable bonds is 7. The molecule has 0 aliphatic heterocycles. The lowest BCUT2D eigenvalue weighted by atomic mass is 10.4. The van der Waals surface area contributed by atoms with Gasteiger partial charge in [-0.2, -0.15) is 0 Å². The van der Waals surface area contributed by atoms with Crippen LogP contribution in [-0.4, -0.2) is 50.4 Å². The first-order chi connectivity index (χ1) is 8.49. The smallest absolute Gasteiger partial charge is 0.179 e. The van der Waals surface area contributed by atoms with Crippen molar-refractivity contribution in [2.75, 3.05) is 32.0 Å². The molecule has 0 fully saturated rings. The van der Waals surface area contributed by atoms with Crippen molar-refractivity contribution < 1.29 is 13.5 Å². The fourth-order valence-corrected chi connectivity index (χ4v) is 3.47. The van der Waals surface area contributed by atoms with E-state index in [1.165, 1.54) is 0 Å². The fraction of sp³-hybridized carbons (Fsp3) is 0.500. The molecular formula is C12H18BrNO3S. The predicted molar refractivity (Wildman–Crippen MR) is 75.4 cm³/mol. The van der Waals surface area contributed by atoms with Crippen LogP contribution in [0.3, 0.4) is 0 Å². The van der Waals surface area contributed by atoms with Crippen LogP contribution in [0.4, 0.5) is 0 Å². The van der Waals surface area contributed by atoms with Gasteiger partial charge in [-0.25, -0.2) is 8.42 Å². The molecule has 0 spiro atoms. The molecule has 102 valence electrons. The van der Waals surface area contributed by atoms with Crippen molar-refractivity contribution in [2.24, 2.45) is 0 Å². The summed E-state index contributed by atoms with van der Waals surface area (Å²) < 4.78 is 25.0. The van der Waals surface area contributed by atoms with Crippen LogP contribution in [0, 0.1) is 0 Å². The third-order valence-corrected chi connectivity index (χ3v) is 4.88. The van der Waals surface area contributed by atoms with Crippen molar-refractivity contribution in [1.82, 2.24) is 4.90 Å². The molecular weight excluding hydrogens is 318 g/mol. The second kappa shape index (κ2) is 7.23. The van der Waals surface area contributed by atoms with E-state index in [2.05, 4.69) is 15.9 Å². The van der Waals surface area contributed by atoms with Gasteiger partial charge in [0.15, 0.2) is 9.84 Å². The van der Waals surface area contributed by atoms with Gasteiger partial charge >= 0.3 is 0 Å². The monoisotopic (exact) mass is 335 g/mol. The molecule has 6 heteroatoms. The molecule has 1 aromatic rings. The first-order valence-electron chi connectivity index (χ1n) is 5.81. The highest BCUT2D eigenvalue weighted by atomic mass is 79.9. The molecule has 0 amide bonds. The molecule has 0 aromatic heterocycles. The van der Waals surface area contributed by atoms with E-state index in [0.717, 1.165) is 11.0 Å². The van der Waals surface area contributed by atoms with Crippen LogP contribution in [0.5, 0.6) is 0 Å². The predicted octanol–water partition coefficient (Wildman–Crippen LogP) is 1.54. The zero-order valence-electron chi connectivity index (χ0n) is 10.3. The lowest BCUT2D eigenvalue weighted by Gasteiger charge is -2.18. The molecule has 0 atom stereocenters. The Labute approximate surface area is 117 Å². The van der Waals surface area contributed by atoms with Crippen LogP contribution >= 0.6 is 15.9 Å². The molecule has 0 bridgehead atoms. The lowest BCUT2D eigenvalue weighted by molar-refractivity contribution is 0.209. The maximum absolute atomic E-state index is 12.1. The van der Waals surface area contributed by atoms with E-state index in [4.69, 9.17) is 5.11 Å². The minimum atomic E-state index is -3.26. The second-order valence-corrected chi connectivity index (χ2v) is 6.96. The van der Waals surface area contributed by atoms with Crippen molar-refractivity contribution in [3.05, 3.63) is 28.7 Å². The maximum Gasteiger partial charge on any atom is 0.179 e. The van der Waals surface area contributed by atoms with Gasteiger partial charge in [0, 0.05) is 17.6 Å². The first kappa shape index (κ1) is 15.6. The lowest BCUT2D eigenvalue weighted by Crippen LogP contribution is -2.31. The van der Waals surface area contributed by atoms with Gasteiger partial charge in [-0.3, -0.25) is 0 Å².